The number of nitro groups is 1. The van der Waals surface area contributed by atoms with Crippen molar-refractivity contribution in [3.05, 3.63) is 39.9 Å². The molecule has 1 saturated carbocycles. The van der Waals surface area contributed by atoms with E-state index in [4.69, 9.17) is 5.11 Å². The lowest BCUT2D eigenvalue weighted by Gasteiger charge is -2.16. The number of carboxylic acids is 1. The van der Waals surface area contributed by atoms with Gasteiger partial charge in [-0.15, -0.1) is 0 Å². The molecule has 6 nitrogen and oxygen atoms in total. The third kappa shape index (κ3) is 4.01. The monoisotopic (exact) mass is 292 g/mol. The number of carboxylic acid groups (broad SMARTS) is 1. The molecule has 1 aromatic carbocycles. The van der Waals surface area contributed by atoms with Crippen molar-refractivity contribution in [3.63, 3.8) is 0 Å². The third-order valence-electron chi connectivity index (χ3n) is 4.14. The van der Waals surface area contributed by atoms with E-state index in [1.54, 1.807) is 18.2 Å². The molecule has 0 heterocycles. The lowest BCUT2D eigenvalue weighted by molar-refractivity contribution is -0.385. The third-order valence-corrected chi connectivity index (χ3v) is 4.14. The molecule has 1 aliphatic rings. The molecule has 114 valence electrons. The Morgan fingerprint density at radius 2 is 2.14 bits per heavy atom. The van der Waals surface area contributed by atoms with Crippen LogP contribution in [0.4, 0.5) is 5.69 Å². The van der Waals surface area contributed by atoms with Crippen molar-refractivity contribution in [2.45, 2.75) is 25.7 Å². The average Bonchev–Trinajstić information content (AvgIpc) is 2.92. The molecule has 0 amide bonds. The highest BCUT2D eigenvalue weighted by Gasteiger charge is 2.32. The van der Waals surface area contributed by atoms with E-state index in [0.29, 0.717) is 25.1 Å². The van der Waals surface area contributed by atoms with Crippen molar-refractivity contribution < 1.29 is 14.8 Å². The first-order valence-corrected chi connectivity index (χ1v) is 7.25. The zero-order valence-corrected chi connectivity index (χ0v) is 11.8. The molecule has 1 fully saturated rings. The maximum atomic E-state index is 11.1. The molecule has 2 rings (SSSR count). The van der Waals surface area contributed by atoms with Crippen molar-refractivity contribution in [2.24, 2.45) is 11.8 Å². The van der Waals surface area contributed by atoms with Gasteiger partial charge in [0.2, 0.25) is 0 Å². The van der Waals surface area contributed by atoms with Gasteiger partial charge in [0.15, 0.2) is 0 Å². The molecule has 1 aromatic rings. The van der Waals surface area contributed by atoms with Crippen LogP contribution in [0.1, 0.15) is 24.8 Å². The standard InChI is InChI=1S/C15H20N2O4/c18-15(19)13-6-3-5-12(13)10-16-9-8-11-4-1-2-7-14(11)17(20)21/h1-2,4,7,12-13,16H,3,5-6,8-10H2,(H,18,19). The van der Waals surface area contributed by atoms with Crippen LogP contribution in [0.5, 0.6) is 0 Å². The number of benzene rings is 1. The molecule has 0 bridgehead atoms. The zero-order chi connectivity index (χ0) is 15.2. The molecule has 2 atom stereocenters. The molecule has 0 radical (unpaired) electrons. The Morgan fingerprint density at radius 3 is 2.86 bits per heavy atom. The van der Waals surface area contributed by atoms with Gasteiger partial charge >= 0.3 is 5.97 Å². The summed E-state index contributed by atoms with van der Waals surface area (Å²) in [6, 6.07) is 6.72. The SMILES string of the molecule is O=C(O)C1CCCC1CNCCc1ccccc1[N+](=O)[O-]. The molecule has 0 aliphatic heterocycles. The first-order valence-electron chi connectivity index (χ1n) is 7.25. The summed E-state index contributed by atoms with van der Waals surface area (Å²) in [5, 5.41) is 23.3. The van der Waals surface area contributed by atoms with Crippen LogP contribution in [0.25, 0.3) is 0 Å². The number of hydrogen-bond acceptors (Lipinski definition) is 4. The Morgan fingerprint density at radius 1 is 1.38 bits per heavy atom. The molecular formula is C15H20N2O4. The van der Waals surface area contributed by atoms with Gasteiger partial charge in [-0.1, -0.05) is 24.6 Å². The maximum absolute atomic E-state index is 11.1. The summed E-state index contributed by atoms with van der Waals surface area (Å²) in [6.07, 6.45) is 3.23. The predicted octanol–water partition coefficient (Wildman–Crippen LogP) is 2.23. The number of nitrogens with one attached hydrogen (secondary N) is 1. The van der Waals surface area contributed by atoms with Gasteiger partial charge in [-0.2, -0.15) is 0 Å². The molecule has 0 aromatic heterocycles. The quantitative estimate of drug-likeness (QED) is 0.456. The minimum Gasteiger partial charge on any atom is -0.481 e. The fourth-order valence-electron chi connectivity index (χ4n) is 3.02. The van der Waals surface area contributed by atoms with E-state index in [1.807, 2.05) is 0 Å². The summed E-state index contributed by atoms with van der Waals surface area (Å²) in [7, 11) is 0. The van der Waals surface area contributed by atoms with Crippen molar-refractivity contribution in [2.75, 3.05) is 13.1 Å². The second kappa shape index (κ2) is 7.17. The van der Waals surface area contributed by atoms with E-state index in [1.165, 1.54) is 6.07 Å². The minimum atomic E-state index is -0.710. The molecular weight excluding hydrogens is 272 g/mol. The lowest BCUT2D eigenvalue weighted by Crippen LogP contribution is -2.30. The van der Waals surface area contributed by atoms with Gasteiger partial charge < -0.3 is 10.4 Å². The number of para-hydroxylation sites is 1. The van der Waals surface area contributed by atoms with Gasteiger partial charge in [0.05, 0.1) is 10.8 Å². The van der Waals surface area contributed by atoms with Crippen LogP contribution in [0, 0.1) is 22.0 Å². The van der Waals surface area contributed by atoms with E-state index in [0.717, 1.165) is 19.3 Å². The van der Waals surface area contributed by atoms with E-state index in [9.17, 15) is 14.9 Å². The predicted molar refractivity (Wildman–Crippen MR) is 78.1 cm³/mol. The molecule has 6 heteroatoms. The van der Waals surface area contributed by atoms with Gasteiger partial charge in [0.1, 0.15) is 0 Å². The Labute approximate surface area is 123 Å². The normalized spacial score (nSPS) is 21.3. The maximum Gasteiger partial charge on any atom is 0.306 e. The number of carbonyl (C=O) groups is 1. The number of hydrogen-bond donors (Lipinski definition) is 2. The molecule has 2 N–H and O–H groups in total. The van der Waals surface area contributed by atoms with Crippen LogP contribution in [-0.2, 0) is 11.2 Å². The molecule has 21 heavy (non-hydrogen) atoms. The number of nitro benzene ring substituents is 1. The highest BCUT2D eigenvalue weighted by atomic mass is 16.6. The topological polar surface area (TPSA) is 92.5 Å². The molecule has 0 spiro atoms. The van der Waals surface area contributed by atoms with Gasteiger partial charge in [0.25, 0.3) is 5.69 Å². The Kier molecular flexibility index (Phi) is 5.27. The van der Waals surface area contributed by atoms with Crippen LogP contribution in [0.2, 0.25) is 0 Å². The summed E-state index contributed by atoms with van der Waals surface area (Å²) < 4.78 is 0. The van der Waals surface area contributed by atoms with E-state index in [-0.39, 0.29) is 22.4 Å². The summed E-state index contributed by atoms with van der Waals surface area (Å²) in [6.45, 7) is 1.28. The van der Waals surface area contributed by atoms with Gasteiger partial charge in [-0.05, 0) is 38.3 Å². The second-order valence-electron chi connectivity index (χ2n) is 5.48. The summed E-state index contributed by atoms with van der Waals surface area (Å²) in [5.74, 6) is -0.783. The van der Waals surface area contributed by atoms with E-state index >= 15 is 0 Å². The highest BCUT2D eigenvalue weighted by Crippen LogP contribution is 2.31. The summed E-state index contributed by atoms with van der Waals surface area (Å²) in [4.78, 5) is 21.6. The van der Waals surface area contributed by atoms with Crippen LogP contribution < -0.4 is 5.32 Å². The van der Waals surface area contributed by atoms with Crippen molar-refractivity contribution >= 4 is 11.7 Å². The van der Waals surface area contributed by atoms with Crippen LogP contribution >= 0.6 is 0 Å². The van der Waals surface area contributed by atoms with E-state index in [2.05, 4.69) is 5.32 Å². The largest absolute Gasteiger partial charge is 0.481 e. The van der Waals surface area contributed by atoms with Crippen molar-refractivity contribution in [3.8, 4) is 0 Å². The fraction of sp³-hybridized carbons (Fsp3) is 0.533. The lowest BCUT2D eigenvalue weighted by atomic mass is 9.96. The van der Waals surface area contributed by atoms with Crippen molar-refractivity contribution in [1.29, 1.82) is 0 Å². The Hall–Kier alpha value is -1.95. The summed E-state index contributed by atoms with van der Waals surface area (Å²) >= 11 is 0. The first kappa shape index (κ1) is 15.4. The van der Waals surface area contributed by atoms with Gasteiger partial charge in [-0.3, -0.25) is 14.9 Å². The van der Waals surface area contributed by atoms with Crippen LogP contribution in [-0.4, -0.2) is 29.1 Å². The fourth-order valence-corrected chi connectivity index (χ4v) is 3.02. The Balaban J connectivity index is 1.80. The zero-order valence-electron chi connectivity index (χ0n) is 11.8. The van der Waals surface area contributed by atoms with Crippen LogP contribution in [0.15, 0.2) is 24.3 Å². The molecule has 2 unspecified atom stereocenters. The number of nitrogens with zero attached hydrogens (tertiary/aromatic N) is 1. The summed E-state index contributed by atoms with van der Waals surface area (Å²) in [5.41, 5.74) is 0.847. The molecule has 1 aliphatic carbocycles. The smallest absolute Gasteiger partial charge is 0.306 e. The number of rotatable bonds is 7. The molecule has 0 saturated heterocycles. The first-order chi connectivity index (χ1) is 10.1. The second-order valence-corrected chi connectivity index (χ2v) is 5.48. The number of aliphatic carboxylic acids is 1. The van der Waals surface area contributed by atoms with Gasteiger partial charge in [0, 0.05) is 11.6 Å². The van der Waals surface area contributed by atoms with Gasteiger partial charge in [-0.25, -0.2) is 0 Å². The average molecular weight is 292 g/mol. The van der Waals surface area contributed by atoms with Crippen molar-refractivity contribution in [1.82, 2.24) is 5.32 Å². The highest BCUT2D eigenvalue weighted by molar-refractivity contribution is 5.70. The Bertz CT molecular complexity index is 518. The minimum absolute atomic E-state index is 0.142. The van der Waals surface area contributed by atoms with Crippen LogP contribution in [0.3, 0.4) is 0 Å². The van der Waals surface area contributed by atoms with E-state index < -0.39 is 5.97 Å².